The summed E-state index contributed by atoms with van der Waals surface area (Å²) in [5.74, 6) is -0.262. The van der Waals surface area contributed by atoms with Crippen LogP contribution in [0, 0.1) is 13.8 Å². The monoisotopic (exact) mass is 366 g/mol. The number of para-hydroxylation sites is 1. The highest BCUT2D eigenvalue weighted by atomic mass is 35.5. The minimum Gasteiger partial charge on any atom is -0.375 e. The van der Waals surface area contributed by atoms with E-state index in [9.17, 15) is 13.2 Å². The van der Waals surface area contributed by atoms with E-state index < -0.39 is 9.84 Å². The predicted molar refractivity (Wildman–Crippen MR) is 97.6 cm³/mol. The van der Waals surface area contributed by atoms with Gasteiger partial charge < -0.3 is 10.6 Å². The lowest BCUT2D eigenvalue weighted by molar-refractivity contribution is -0.114. The summed E-state index contributed by atoms with van der Waals surface area (Å²) in [4.78, 5) is 12.2. The van der Waals surface area contributed by atoms with E-state index in [2.05, 4.69) is 10.6 Å². The van der Waals surface area contributed by atoms with Crippen LogP contribution in [0.15, 0.2) is 41.3 Å². The van der Waals surface area contributed by atoms with Crippen LogP contribution in [0.3, 0.4) is 0 Å². The number of hydrogen-bond donors (Lipinski definition) is 2. The third-order valence-corrected chi connectivity index (χ3v) is 4.90. The second-order valence-electron chi connectivity index (χ2n) is 5.58. The SMILES string of the molecule is Cc1cccc(C)c1NC(=O)CNc1ccc(Cl)cc1S(C)(=O)=O. The predicted octanol–water partition coefficient (Wildman–Crippen LogP) is 3.41. The molecule has 0 atom stereocenters. The van der Waals surface area contributed by atoms with Gasteiger partial charge in [0.05, 0.1) is 17.1 Å². The molecule has 5 nitrogen and oxygen atoms in total. The summed E-state index contributed by atoms with van der Waals surface area (Å²) < 4.78 is 23.7. The molecule has 0 saturated heterocycles. The number of halogens is 1. The lowest BCUT2D eigenvalue weighted by atomic mass is 10.1. The van der Waals surface area contributed by atoms with Crippen LogP contribution < -0.4 is 10.6 Å². The number of rotatable bonds is 5. The number of sulfone groups is 1. The highest BCUT2D eigenvalue weighted by Gasteiger charge is 2.15. The van der Waals surface area contributed by atoms with Crippen molar-refractivity contribution in [3.05, 3.63) is 52.5 Å². The van der Waals surface area contributed by atoms with Gasteiger partial charge in [-0.05, 0) is 43.2 Å². The molecule has 2 aromatic carbocycles. The maximum absolute atomic E-state index is 12.2. The third kappa shape index (κ3) is 4.49. The Morgan fingerprint density at radius 3 is 2.33 bits per heavy atom. The van der Waals surface area contributed by atoms with Crippen molar-refractivity contribution in [3.63, 3.8) is 0 Å². The number of aryl methyl sites for hydroxylation is 2. The molecule has 0 bridgehead atoms. The summed E-state index contributed by atoms with van der Waals surface area (Å²) in [5, 5.41) is 6.02. The van der Waals surface area contributed by atoms with Gasteiger partial charge in [-0.15, -0.1) is 0 Å². The average Bonchev–Trinajstić information content (AvgIpc) is 2.49. The van der Waals surface area contributed by atoms with Gasteiger partial charge in [0, 0.05) is 17.0 Å². The van der Waals surface area contributed by atoms with E-state index in [1.54, 1.807) is 12.1 Å². The fourth-order valence-corrected chi connectivity index (χ4v) is 3.44. The number of benzene rings is 2. The number of amides is 1. The minimum atomic E-state index is -3.45. The number of nitrogens with one attached hydrogen (secondary N) is 2. The van der Waals surface area contributed by atoms with Crippen LogP contribution in [0.1, 0.15) is 11.1 Å². The van der Waals surface area contributed by atoms with Gasteiger partial charge >= 0.3 is 0 Å². The van der Waals surface area contributed by atoms with Crippen LogP contribution in [0.4, 0.5) is 11.4 Å². The minimum absolute atomic E-state index is 0.0576. The van der Waals surface area contributed by atoms with E-state index in [1.807, 2.05) is 32.0 Å². The van der Waals surface area contributed by atoms with Crippen LogP contribution in [0.25, 0.3) is 0 Å². The van der Waals surface area contributed by atoms with Gasteiger partial charge in [-0.2, -0.15) is 0 Å². The molecular weight excluding hydrogens is 348 g/mol. The molecule has 0 aliphatic rings. The Labute approximate surface area is 147 Å². The fraction of sp³-hybridized carbons (Fsp3) is 0.235. The number of carbonyl (C=O) groups excluding carboxylic acids is 1. The smallest absolute Gasteiger partial charge is 0.243 e. The number of anilines is 2. The summed E-state index contributed by atoms with van der Waals surface area (Å²) in [6.45, 7) is 3.77. The maximum Gasteiger partial charge on any atom is 0.243 e. The Bertz CT molecular complexity index is 859. The molecular formula is C17H19ClN2O3S. The van der Waals surface area contributed by atoms with E-state index in [0.29, 0.717) is 10.7 Å². The first-order valence-electron chi connectivity index (χ1n) is 7.28. The van der Waals surface area contributed by atoms with Crippen LogP contribution in [-0.4, -0.2) is 27.1 Å². The Hall–Kier alpha value is -2.05. The molecule has 0 spiro atoms. The zero-order valence-electron chi connectivity index (χ0n) is 13.7. The Balaban J connectivity index is 2.13. The molecule has 2 N–H and O–H groups in total. The summed E-state index contributed by atoms with van der Waals surface area (Å²) >= 11 is 5.86. The van der Waals surface area contributed by atoms with Gasteiger partial charge in [-0.25, -0.2) is 8.42 Å². The molecule has 0 unspecified atom stereocenters. The van der Waals surface area contributed by atoms with Gasteiger partial charge in [0.15, 0.2) is 9.84 Å². The second-order valence-corrected chi connectivity index (χ2v) is 8.00. The largest absolute Gasteiger partial charge is 0.375 e. The molecule has 0 aliphatic carbocycles. The van der Waals surface area contributed by atoms with Crippen molar-refractivity contribution in [2.75, 3.05) is 23.4 Å². The van der Waals surface area contributed by atoms with Crippen LogP contribution >= 0.6 is 11.6 Å². The first kappa shape index (κ1) is 18.3. The topological polar surface area (TPSA) is 75.3 Å². The van der Waals surface area contributed by atoms with Crippen molar-refractivity contribution in [2.24, 2.45) is 0 Å². The molecule has 2 aromatic rings. The van der Waals surface area contributed by atoms with Gasteiger partial charge in [0.2, 0.25) is 5.91 Å². The van der Waals surface area contributed by atoms with E-state index in [0.717, 1.165) is 23.1 Å². The first-order valence-corrected chi connectivity index (χ1v) is 9.55. The molecule has 1 amide bonds. The first-order chi connectivity index (χ1) is 11.2. The van der Waals surface area contributed by atoms with Crippen molar-refractivity contribution in [1.29, 1.82) is 0 Å². The Morgan fingerprint density at radius 2 is 1.75 bits per heavy atom. The summed E-state index contributed by atoms with van der Waals surface area (Å²) in [6, 6.07) is 10.2. The van der Waals surface area contributed by atoms with Crippen molar-refractivity contribution >= 4 is 38.7 Å². The van der Waals surface area contributed by atoms with Crippen molar-refractivity contribution in [1.82, 2.24) is 0 Å². The van der Waals surface area contributed by atoms with Gasteiger partial charge in [-0.3, -0.25) is 4.79 Å². The van der Waals surface area contributed by atoms with E-state index in [-0.39, 0.29) is 17.3 Å². The van der Waals surface area contributed by atoms with Gasteiger partial charge in [-0.1, -0.05) is 29.8 Å². The van der Waals surface area contributed by atoms with Crippen LogP contribution in [0.2, 0.25) is 5.02 Å². The summed E-state index contributed by atoms with van der Waals surface area (Å²) in [5.41, 5.74) is 3.04. The highest BCUT2D eigenvalue weighted by molar-refractivity contribution is 7.90. The molecule has 0 fully saturated rings. The van der Waals surface area contributed by atoms with Gasteiger partial charge in [0.25, 0.3) is 0 Å². The highest BCUT2D eigenvalue weighted by Crippen LogP contribution is 2.25. The van der Waals surface area contributed by atoms with E-state index in [1.165, 1.54) is 6.07 Å². The third-order valence-electron chi connectivity index (χ3n) is 3.53. The fourth-order valence-electron chi connectivity index (χ4n) is 2.32. The lowest BCUT2D eigenvalue weighted by Crippen LogP contribution is -2.23. The zero-order chi connectivity index (χ0) is 17.9. The number of hydrogen-bond acceptors (Lipinski definition) is 4. The maximum atomic E-state index is 12.2. The Morgan fingerprint density at radius 1 is 1.12 bits per heavy atom. The van der Waals surface area contributed by atoms with Crippen molar-refractivity contribution < 1.29 is 13.2 Å². The van der Waals surface area contributed by atoms with Crippen LogP contribution in [-0.2, 0) is 14.6 Å². The molecule has 0 aliphatic heterocycles. The van der Waals surface area contributed by atoms with Crippen molar-refractivity contribution in [2.45, 2.75) is 18.7 Å². The average molecular weight is 367 g/mol. The summed E-state index contributed by atoms with van der Waals surface area (Å²) in [7, 11) is -3.45. The molecule has 0 heterocycles. The normalized spacial score (nSPS) is 11.2. The quantitative estimate of drug-likeness (QED) is 0.850. The van der Waals surface area contributed by atoms with E-state index in [4.69, 9.17) is 11.6 Å². The molecule has 0 radical (unpaired) electrons. The summed E-state index contributed by atoms with van der Waals surface area (Å²) in [6.07, 6.45) is 1.10. The zero-order valence-corrected chi connectivity index (χ0v) is 15.3. The molecule has 0 aromatic heterocycles. The molecule has 7 heteroatoms. The molecule has 2 rings (SSSR count). The number of carbonyl (C=O) groups is 1. The molecule has 128 valence electrons. The van der Waals surface area contributed by atoms with Gasteiger partial charge in [0.1, 0.15) is 0 Å². The molecule has 24 heavy (non-hydrogen) atoms. The Kier molecular flexibility index (Phi) is 5.51. The second kappa shape index (κ2) is 7.23. The lowest BCUT2D eigenvalue weighted by Gasteiger charge is -2.14. The standard InChI is InChI=1S/C17H19ClN2O3S/c1-11-5-4-6-12(2)17(11)20-16(21)10-19-14-8-7-13(18)9-15(14)24(3,22)23/h4-9,19H,10H2,1-3H3,(H,20,21). The van der Waals surface area contributed by atoms with Crippen LogP contribution in [0.5, 0.6) is 0 Å². The van der Waals surface area contributed by atoms with E-state index >= 15 is 0 Å². The molecule has 0 saturated carbocycles. The van der Waals surface area contributed by atoms with Crippen molar-refractivity contribution in [3.8, 4) is 0 Å².